The van der Waals surface area contributed by atoms with Gasteiger partial charge in [0.05, 0.1) is 11.1 Å². The zero-order valence-corrected chi connectivity index (χ0v) is 15.9. The van der Waals surface area contributed by atoms with E-state index >= 15 is 0 Å². The highest BCUT2D eigenvalue weighted by Crippen LogP contribution is 2.30. The molecule has 1 heterocycles. The number of nitrogens with one attached hydrogen (secondary N) is 1. The first kappa shape index (κ1) is 19.8. The molecule has 0 bridgehead atoms. The van der Waals surface area contributed by atoms with Crippen molar-refractivity contribution in [3.8, 4) is 11.1 Å². The fourth-order valence-corrected chi connectivity index (χ4v) is 3.18. The standard InChI is InChI=1S/C22H25N3O3/c1-22(28,10-4-12-26)14-25-21(27)16-6-2-5-15(13-16)17-7-3-8-18-19(23)9-11-24-20(17)18/h2-3,5-9,11,13,26,28H,4,10,12,14H2,1H3,(H2,23,24)(H,25,27)/t22-/m0/s1. The topological polar surface area (TPSA) is 108 Å². The average molecular weight is 379 g/mol. The summed E-state index contributed by atoms with van der Waals surface area (Å²) >= 11 is 0. The molecule has 6 nitrogen and oxygen atoms in total. The van der Waals surface area contributed by atoms with Crippen LogP contribution in [0, 0.1) is 0 Å². The van der Waals surface area contributed by atoms with Crippen molar-refractivity contribution in [2.24, 2.45) is 0 Å². The number of hydrogen-bond acceptors (Lipinski definition) is 5. The molecule has 1 amide bonds. The number of para-hydroxylation sites is 1. The van der Waals surface area contributed by atoms with E-state index in [2.05, 4.69) is 10.3 Å². The highest BCUT2D eigenvalue weighted by Gasteiger charge is 2.21. The number of aliphatic hydroxyl groups is 2. The second-order valence-electron chi connectivity index (χ2n) is 7.19. The molecule has 0 fully saturated rings. The van der Waals surface area contributed by atoms with Gasteiger partial charge < -0.3 is 21.3 Å². The Hall–Kier alpha value is -2.96. The Morgan fingerprint density at radius 2 is 2.00 bits per heavy atom. The first-order chi connectivity index (χ1) is 13.4. The molecule has 0 aliphatic heterocycles. The quantitative estimate of drug-likeness (QED) is 0.505. The van der Waals surface area contributed by atoms with E-state index in [1.54, 1.807) is 31.3 Å². The predicted octanol–water partition coefficient (Wildman–Crippen LogP) is 2.74. The molecule has 1 atom stereocenters. The minimum absolute atomic E-state index is 0.00965. The van der Waals surface area contributed by atoms with Gasteiger partial charge in [-0.15, -0.1) is 0 Å². The van der Waals surface area contributed by atoms with Gasteiger partial charge in [0.15, 0.2) is 0 Å². The van der Waals surface area contributed by atoms with E-state index in [9.17, 15) is 9.90 Å². The number of anilines is 1. The Morgan fingerprint density at radius 3 is 2.79 bits per heavy atom. The fourth-order valence-electron chi connectivity index (χ4n) is 3.18. The molecule has 0 aliphatic rings. The normalized spacial score (nSPS) is 13.2. The van der Waals surface area contributed by atoms with Gasteiger partial charge in [0.25, 0.3) is 5.91 Å². The number of nitrogens with two attached hydrogens (primary N) is 1. The molecule has 3 aromatic rings. The van der Waals surface area contributed by atoms with Crippen LogP contribution in [0.1, 0.15) is 30.1 Å². The number of carbonyl (C=O) groups excluding carboxylic acids is 1. The number of fused-ring (bicyclic) bond motifs is 1. The van der Waals surface area contributed by atoms with Crippen LogP contribution in [0.4, 0.5) is 5.69 Å². The third kappa shape index (κ3) is 4.47. The number of benzene rings is 2. The van der Waals surface area contributed by atoms with Crippen molar-refractivity contribution in [2.75, 3.05) is 18.9 Å². The monoisotopic (exact) mass is 379 g/mol. The van der Waals surface area contributed by atoms with Crippen LogP contribution in [0.3, 0.4) is 0 Å². The lowest BCUT2D eigenvalue weighted by molar-refractivity contribution is 0.0415. The van der Waals surface area contributed by atoms with Crippen LogP contribution in [0.15, 0.2) is 54.7 Å². The summed E-state index contributed by atoms with van der Waals surface area (Å²) in [5.74, 6) is -0.265. The van der Waals surface area contributed by atoms with Gasteiger partial charge >= 0.3 is 0 Å². The molecular weight excluding hydrogens is 354 g/mol. The molecule has 0 aliphatic carbocycles. The van der Waals surface area contributed by atoms with Crippen molar-refractivity contribution in [1.82, 2.24) is 10.3 Å². The third-order valence-electron chi connectivity index (χ3n) is 4.74. The second-order valence-corrected chi connectivity index (χ2v) is 7.19. The Kier molecular flexibility index (Phi) is 5.92. The number of aliphatic hydroxyl groups excluding tert-OH is 1. The van der Waals surface area contributed by atoms with Crippen molar-refractivity contribution >= 4 is 22.5 Å². The van der Waals surface area contributed by atoms with Crippen molar-refractivity contribution in [3.05, 3.63) is 60.3 Å². The van der Waals surface area contributed by atoms with Crippen LogP contribution in [-0.4, -0.2) is 39.9 Å². The van der Waals surface area contributed by atoms with Gasteiger partial charge in [0, 0.05) is 41.5 Å². The highest BCUT2D eigenvalue weighted by atomic mass is 16.3. The zero-order chi connectivity index (χ0) is 20.1. The number of carbonyl (C=O) groups is 1. The first-order valence-electron chi connectivity index (χ1n) is 9.26. The summed E-state index contributed by atoms with van der Waals surface area (Å²) in [6.45, 7) is 1.77. The lowest BCUT2D eigenvalue weighted by Gasteiger charge is -2.23. The number of nitrogens with zero attached hydrogens (tertiary/aromatic N) is 1. The van der Waals surface area contributed by atoms with Crippen LogP contribution in [0.2, 0.25) is 0 Å². The molecule has 6 heteroatoms. The van der Waals surface area contributed by atoms with E-state index in [-0.39, 0.29) is 19.1 Å². The van der Waals surface area contributed by atoms with Gasteiger partial charge in [-0.2, -0.15) is 0 Å². The maximum atomic E-state index is 12.6. The Labute approximate surface area is 164 Å². The number of hydrogen-bond donors (Lipinski definition) is 4. The van der Waals surface area contributed by atoms with Gasteiger partial charge in [0.2, 0.25) is 0 Å². The predicted molar refractivity (Wildman–Crippen MR) is 111 cm³/mol. The van der Waals surface area contributed by atoms with E-state index in [4.69, 9.17) is 10.8 Å². The highest BCUT2D eigenvalue weighted by molar-refractivity contribution is 6.01. The summed E-state index contributed by atoms with van der Waals surface area (Å²) in [6, 6.07) is 14.8. The Morgan fingerprint density at radius 1 is 1.21 bits per heavy atom. The molecule has 0 saturated heterocycles. The molecule has 28 heavy (non-hydrogen) atoms. The maximum absolute atomic E-state index is 12.6. The molecule has 0 unspecified atom stereocenters. The molecule has 5 N–H and O–H groups in total. The van der Waals surface area contributed by atoms with Crippen molar-refractivity contribution in [2.45, 2.75) is 25.4 Å². The van der Waals surface area contributed by atoms with Crippen LogP contribution < -0.4 is 11.1 Å². The van der Waals surface area contributed by atoms with Crippen molar-refractivity contribution < 1.29 is 15.0 Å². The van der Waals surface area contributed by atoms with Gasteiger partial charge in [-0.3, -0.25) is 9.78 Å². The van der Waals surface area contributed by atoms with Crippen LogP contribution >= 0.6 is 0 Å². The van der Waals surface area contributed by atoms with Crippen LogP contribution in [0.5, 0.6) is 0 Å². The van der Waals surface area contributed by atoms with Gasteiger partial charge in [-0.05, 0) is 43.5 Å². The molecule has 0 saturated carbocycles. The lowest BCUT2D eigenvalue weighted by atomic mass is 9.98. The Balaban J connectivity index is 1.83. The van der Waals surface area contributed by atoms with Gasteiger partial charge in [-0.25, -0.2) is 0 Å². The van der Waals surface area contributed by atoms with Crippen molar-refractivity contribution in [1.29, 1.82) is 0 Å². The summed E-state index contributed by atoms with van der Waals surface area (Å²) in [5, 5.41) is 22.8. The molecule has 0 radical (unpaired) electrons. The van der Waals surface area contributed by atoms with E-state index in [0.29, 0.717) is 24.1 Å². The third-order valence-corrected chi connectivity index (χ3v) is 4.74. The minimum Gasteiger partial charge on any atom is -0.398 e. The van der Waals surface area contributed by atoms with E-state index in [1.807, 2.05) is 30.3 Å². The molecule has 3 rings (SSSR count). The van der Waals surface area contributed by atoms with E-state index in [0.717, 1.165) is 22.0 Å². The largest absolute Gasteiger partial charge is 0.398 e. The molecule has 0 spiro atoms. The maximum Gasteiger partial charge on any atom is 0.251 e. The SMILES string of the molecule is C[C@](O)(CCCO)CNC(=O)c1cccc(-c2cccc3c(N)ccnc23)c1. The van der Waals surface area contributed by atoms with Crippen LogP contribution in [0.25, 0.3) is 22.0 Å². The van der Waals surface area contributed by atoms with Crippen molar-refractivity contribution in [3.63, 3.8) is 0 Å². The summed E-state index contributed by atoms with van der Waals surface area (Å²) in [6.07, 6.45) is 2.56. The summed E-state index contributed by atoms with van der Waals surface area (Å²) in [7, 11) is 0. The summed E-state index contributed by atoms with van der Waals surface area (Å²) < 4.78 is 0. The molecule has 1 aromatic heterocycles. The first-order valence-corrected chi connectivity index (χ1v) is 9.26. The number of nitrogen functional groups attached to an aromatic ring is 1. The van der Waals surface area contributed by atoms with Gasteiger partial charge in [0.1, 0.15) is 0 Å². The van der Waals surface area contributed by atoms with Gasteiger partial charge in [-0.1, -0.05) is 30.3 Å². The number of rotatable bonds is 7. The zero-order valence-electron chi connectivity index (χ0n) is 15.9. The summed E-state index contributed by atoms with van der Waals surface area (Å²) in [4.78, 5) is 17.0. The Bertz CT molecular complexity index is 986. The fraction of sp³-hybridized carbons (Fsp3) is 0.273. The molecule has 146 valence electrons. The van der Waals surface area contributed by atoms with E-state index in [1.165, 1.54) is 0 Å². The lowest BCUT2D eigenvalue weighted by Crippen LogP contribution is -2.40. The number of pyridine rings is 1. The smallest absolute Gasteiger partial charge is 0.251 e. The van der Waals surface area contributed by atoms with E-state index < -0.39 is 5.60 Å². The second kappa shape index (κ2) is 8.37. The molecule has 2 aromatic carbocycles. The molecular formula is C22H25N3O3. The number of aromatic nitrogens is 1. The van der Waals surface area contributed by atoms with Crippen LogP contribution in [-0.2, 0) is 0 Å². The number of amides is 1. The summed E-state index contributed by atoms with van der Waals surface area (Å²) in [5.41, 5.74) is 8.69. The minimum atomic E-state index is -1.06. The average Bonchev–Trinajstić information content (AvgIpc) is 2.71.